The van der Waals surface area contributed by atoms with E-state index in [9.17, 15) is 4.79 Å². The minimum atomic E-state index is -0.654. The first-order chi connectivity index (χ1) is 7.04. The predicted molar refractivity (Wildman–Crippen MR) is 58.5 cm³/mol. The maximum Gasteiger partial charge on any atom is 0.254 e. The van der Waals surface area contributed by atoms with Crippen LogP contribution < -0.4 is 0 Å². The molecule has 0 N–H and O–H groups in total. The van der Waals surface area contributed by atoms with Gasteiger partial charge < -0.3 is 9.64 Å². The van der Waals surface area contributed by atoms with E-state index in [-0.39, 0.29) is 5.91 Å². The minimum Gasteiger partial charge on any atom is -0.369 e. The molecule has 15 heavy (non-hydrogen) atoms. The van der Waals surface area contributed by atoms with E-state index in [1.807, 2.05) is 18.7 Å². The second-order valence-electron chi connectivity index (χ2n) is 5.38. The molecular formula is C12H21NO2. The number of hydrogen-bond donors (Lipinski definition) is 0. The van der Waals surface area contributed by atoms with Crippen LogP contribution in [0.15, 0.2) is 0 Å². The first kappa shape index (κ1) is 10.9. The third kappa shape index (κ3) is 1.89. The van der Waals surface area contributed by atoms with Gasteiger partial charge in [0.2, 0.25) is 0 Å². The highest BCUT2D eigenvalue weighted by atomic mass is 16.5. The average Bonchev–Trinajstić information content (AvgIpc) is 2.75. The first-order valence-electron chi connectivity index (χ1n) is 5.89. The second-order valence-corrected chi connectivity index (χ2v) is 5.38. The Morgan fingerprint density at radius 3 is 2.27 bits per heavy atom. The normalized spacial score (nSPS) is 30.7. The summed E-state index contributed by atoms with van der Waals surface area (Å²) in [4.78, 5) is 14.1. The van der Waals surface area contributed by atoms with Gasteiger partial charge in [-0.2, -0.15) is 0 Å². The molecule has 1 saturated heterocycles. The van der Waals surface area contributed by atoms with Crippen LogP contribution in [0.3, 0.4) is 0 Å². The predicted octanol–water partition coefficient (Wildman–Crippen LogP) is 1.67. The summed E-state index contributed by atoms with van der Waals surface area (Å²) >= 11 is 0. The van der Waals surface area contributed by atoms with Gasteiger partial charge in [0.05, 0.1) is 0 Å². The van der Waals surface area contributed by atoms with Crippen LogP contribution in [0, 0.1) is 11.8 Å². The van der Waals surface area contributed by atoms with Crippen molar-refractivity contribution >= 4 is 5.91 Å². The van der Waals surface area contributed by atoms with Crippen molar-refractivity contribution < 1.29 is 9.53 Å². The fourth-order valence-corrected chi connectivity index (χ4v) is 2.87. The zero-order valence-electron chi connectivity index (χ0n) is 9.95. The summed E-state index contributed by atoms with van der Waals surface area (Å²) in [5.41, 5.74) is -0.654. The number of methoxy groups -OCH3 is 1. The lowest BCUT2D eigenvalue weighted by atomic mass is 10.0. The third-order valence-electron chi connectivity index (χ3n) is 4.04. The molecule has 86 valence electrons. The highest BCUT2D eigenvalue weighted by molar-refractivity contribution is 5.84. The van der Waals surface area contributed by atoms with Gasteiger partial charge in [-0.1, -0.05) is 6.42 Å². The van der Waals surface area contributed by atoms with Crippen molar-refractivity contribution in [2.24, 2.45) is 11.8 Å². The monoisotopic (exact) mass is 211 g/mol. The maximum absolute atomic E-state index is 12.1. The quantitative estimate of drug-likeness (QED) is 0.695. The van der Waals surface area contributed by atoms with Gasteiger partial charge >= 0.3 is 0 Å². The number of amides is 1. The summed E-state index contributed by atoms with van der Waals surface area (Å²) in [6.45, 7) is 5.61. The van der Waals surface area contributed by atoms with Crippen molar-refractivity contribution in [3.05, 3.63) is 0 Å². The van der Waals surface area contributed by atoms with Crippen molar-refractivity contribution in [3.63, 3.8) is 0 Å². The van der Waals surface area contributed by atoms with Gasteiger partial charge in [-0.25, -0.2) is 0 Å². The topological polar surface area (TPSA) is 29.5 Å². The third-order valence-corrected chi connectivity index (χ3v) is 4.04. The van der Waals surface area contributed by atoms with E-state index < -0.39 is 5.60 Å². The number of nitrogens with zero attached hydrogens (tertiary/aromatic N) is 1. The van der Waals surface area contributed by atoms with E-state index in [4.69, 9.17) is 4.74 Å². The minimum absolute atomic E-state index is 0.152. The van der Waals surface area contributed by atoms with Gasteiger partial charge in [0.15, 0.2) is 0 Å². The van der Waals surface area contributed by atoms with Crippen LogP contribution in [0.2, 0.25) is 0 Å². The van der Waals surface area contributed by atoms with Crippen LogP contribution in [-0.2, 0) is 9.53 Å². The highest BCUT2D eigenvalue weighted by Crippen LogP contribution is 2.38. The summed E-state index contributed by atoms with van der Waals surface area (Å²) in [7, 11) is 1.61. The van der Waals surface area contributed by atoms with Gasteiger partial charge in [0.1, 0.15) is 5.60 Å². The maximum atomic E-state index is 12.1. The average molecular weight is 211 g/mol. The first-order valence-corrected chi connectivity index (χ1v) is 5.89. The van der Waals surface area contributed by atoms with Crippen LogP contribution >= 0.6 is 0 Å². The molecule has 2 aliphatic rings. The Hall–Kier alpha value is -0.570. The fraction of sp³-hybridized carbons (Fsp3) is 0.917. The highest BCUT2D eigenvalue weighted by Gasteiger charge is 2.42. The molecule has 0 aromatic rings. The molecule has 2 fully saturated rings. The number of fused-ring (bicyclic) bond motifs is 1. The number of carbonyl (C=O) groups excluding carboxylic acids is 1. The van der Waals surface area contributed by atoms with E-state index >= 15 is 0 Å². The Bertz CT molecular complexity index is 250. The Balaban J connectivity index is 1.99. The van der Waals surface area contributed by atoms with Gasteiger partial charge in [0, 0.05) is 20.2 Å². The summed E-state index contributed by atoms with van der Waals surface area (Å²) in [5.74, 6) is 1.68. The Labute approximate surface area is 91.8 Å². The van der Waals surface area contributed by atoms with E-state index in [0.29, 0.717) is 0 Å². The molecule has 1 aliphatic carbocycles. The molecule has 3 nitrogen and oxygen atoms in total. The van der Waals surface area contributed by atoms with Crippen LogP contribution in [0.1, 0.15) is 33.1 Å². The molecule has 1 saturated carbocycles. The number of ether oxygens (including phenoxy) is 1. The lowest BCUT2D eigenvalue weighted by molar-refractivity contribution is -0.150. The standard InChI is InChI=1S/C12H21NO2/c1-12(2,15-3)11(14)13-7-9-5-4-6-10(9)8-13/h9-10H,4-8H2,1-3H3. The molecule has 2 unspecified atom stereocenters. The number of rotatable bonds is 2. The van der Waals surface area contributed by atoms with Crippen LogP contribution in [-0.4, -0.2) is 36.6 Å². The summed E-state index contributed by atoms with van der Waals surface area (Å²) in [6, 6.07) is 0. The van der Waals surface area contributed by atoms with Crippen molar-refractivity contribution in [3.8, 4) is 0 Å². The van der Waals surface area contributed by atoms with Crippen molar-refractivity contribution in [1.29, 1.82) is 0 Å². The molecule has 1 aliphatic heterocycles. The molecule has 0 aromatic carbocycles. The summed E-state index contributed by atoms with van der Waals surface area (Å²) in [5, 5.41) is 0. The Morgan fingerprint density at radius 1 is 1.27 bits per heavy atom. The number of carbonyl (C=O) groups is 1. The van der Waals surface area contributed by atoms with Gasteiger partial charge in [-0.05, 0) is 38.5 Å². The lowest BCUT2D eigenvalue weighted by Gasteiger charge is -2.28. The molecule has 2 rings (SSSR count). The molecule has 0 spiro atoms. The van der Waals surface area contributed by atoms with Crippen molar-refractivity contribution in [1.82, 2.24) is 4.90 Å². The molecular weight excluding hydrogens is 190 g/mol. The smallest absolute Gasteiger partial charge is 0.254 e. The molecule has 1 amide bonds. The Kier molecular flexibility index (Phi) is 2.75. The lowest BCUT2D eigenvalue weighted by Crippen LogP contribution is -2.45. The van der Waals surface area contributed by atoms with Crippen molar-refractivity contribution in [2.45, 2.75) is 38.7 Å². The van der Waals surface area contributed by atoms with E-state index in [1.54, 1.807) is 7.11 Å². The number of likely N-dealkylation sites (tertiary alicyclic amines) is 1. The van der Waals surface area contributed by atoms with Gasteiger partial charge in [-0.3, -0.25) is 4.79 Å². The zero-order chi connectivity index (χ0) is 11.1. The molecule has 0 bridgehead atoms. The summed E-state index contributed by atoms with van der Waals surface area (Å²) in [6.07, 6.45) is 3.97. The van der Waals surface area contributed by atoms with Gasteiger partial charge in [-0.15, -0.1) is 0 Å². The molecule has 0 aromatic heterocycles. The second kappa shape index (κ2) is 3.78. The Morgan fingerprint density at radius 2 is 1.80 bits per heavy atom. The number of hydrogen-bond acceptors (Lipinski definition) is 2. The van der Waals surface area contributed by atoms with Crippen LogP contribution in [0.5, 0.6) is 0 Å². The van der Waals surface area contributed by atoms with Crippen molar-refractivity contribution in [2.75, 3.05) is 20.2 Å². The summed E-state index contributed by atoms with van der Waals surface area (Å²) < 4.78 is 5.24. The molecule has 1 heterocycles. The van der Waals surface area contributed by atoms with E-state index in [1.165, 1.54) is 19.3 Å². The molecule has 0 radical (unpaired) electrons. The van der Waals surface area contributed by atoms with Gasteiger partial charge in [0.25, 0.3) is 5.91 Å². The SMILES string of the molecule is COC(C)(C)C(=O)N1CC2CCCC2C1. The van der Waals surface area contributed by atoms with Crippen LogP contribution in [0.25, 0.3) is 0 Å². The zero-order valence-corrected chi connectivity index (χ0v) is 9.95. The largest absolute Gasteiger partial charge is 0.369 e. The van der Waals surface area contributed by atoms with E-state index in [2.05, 4.69) is 0 Å². The molecule has 2 atom stereocenters. The van der Waals surface area contributed by atoms with Crippen LogP contribution in [0.4, 0.5) is 0 Å². The van der Waals surface area contributed by atoms with E-state index in [0.717, 1.165) is 24.9 Å². The molecule has 3 heteroatoms. The fourth-order valence-electron chi connectivity index (χ4n) is 2.87.